The molecule has 1 unspecified atom stereocenters. The zero-order chi connectivity index (χ0) is 25.7. The van der Waals surface area contributed by atoms with Crippen molar-refractivity contribution in [3.63, 3.8) is 0 Å². The van der Waals surface area contributed by atoms with Crippen LogP contribution in [0.5, 0.6) is 0 Å². The molecule has 1 aromatic rings. The molecule has 1 aromatic carbocycles. The van der Waals surface area contributed by atoms with Crippen molar-refractivity contribution in [1.82, 2.24) is 4.90 Å². The van der Waals surface area contributed by atoms with E-state index in [1.807, 2.05) is 31.2 Å². The first-order chi connectivity index (χ1) is 17.2. The minimum atomic E-state index is -1.40. The first kappa shape index (κ1) is 25.0. The lowest BCUT2D eigenvalue weighted by atomic mass is 9.74. The number of anilines is 1. The molecule has 2 amide bonds. The minimum absolute atomic E-state index is 0.0612. The monoisotopic (exact) mass is 514 g/mol. The number of aliphatic hydroxyl groups excluding tert-OH is 1. The highest BCUT2D eigenvalue weighted by Gasteiger charge is 2.74. The van der Waals surface area contributed by atoms with Crippen LogP contribution in [0.1, 0.15) is 31.7 Å². The molecule has 0 aromatic heterocycles. The molecule has 2 fully saturated rings. The maximum atomic E-state index is 14.3. The largest absolute Gasteiger partial charge is 0.465 e. The molecule has 4 heterocycles. The van der Waals surface area contributed by atoms with E-state index >= 15 is 0 Å². The fourth-order valence-electron chi connectivity index (χ4n) is 6.31. The van der Waals surface area contributed by atoms with E-state index in [-0.39, 0.29) is 32.2 Å². The number of para-hydroxylation sites is 1. The zero-order valence-corrected chi connectivity index (χ0v) is 21.2. The van der Waals surface area contributed by atoms with Crippen LogP contribution in [-0.4, -0.2) is 71.3 Å². The number of benzene rings is 1. The lowest BCUT2D eigenvalue weighted by molar-refractivity contribution is -0.158. The van der Waals surface area contributed by atoms with E-state index in [0.717, 1.165) is 24.8 Å². The number of allylic oxidation sites excluding steroid dienone is 1. The van der Waals surface area contributed by atoms with Gasteiger partial charge in [-0.2, -0.15) is 0 Å². The van der Waals surface area contributed by atoms with Gasteiger partial charge < -0.3 is 24.4 Å². The molecule has 0 aliphatic carbocycles. The second-order valence-electron chi connectivity index (χ2n) is 10.1. The SMILES string of the molecule is Cc1cccc(Cl)c1N1CC=C[C@]23O[C@@]4(C)/C=C\CCCCOC(=O)[C@H]4[C@H]2C(=O)N(CCO)C3C1=O. The quantitative estimate of drug-likeness (QED) is 0.492. The number of ether oxygens (including phenoxy) is 2. The average molecular weight is 515 g/mol. The highest BCUT2D eigenvalue weighted by molar-refractivity contribution is 6.34. The van der Waals surface area contributed by atoms with E-state index in [1.54, 1.807) is 30.0 Å². The molecule has 9 heteroatoms. The van der Waals surface area contributed by atoms with Crippen molar-refractivity contribution in [2.45, 2.75) is 50.4 Å². The summed E-state index contributed by atoms with van der Waals surface area (Å²) >= 11 is 6.53. The molecule has 0 bridgehead atoms. The van der Waals surface area contributed by atoms with Crippen LogP contribution in [0.25, 0.3) is 0 Å². The van der Waals surface area contributed by atoms with E-state index < -0.39 is 41.0 Å². The number of hydrogen-bond acceptors (Lipinski definition) is 6. The maximum Gasteiger partial charge on any atom is 0.313 e. The topological polar surface area (TPSA) is 96.4 Å². The molecule has 36 heavy (non-hydrogen) atoms. The van der Waals surface area contributed by atoms with Crippen molar-refractivity contribution in [2.24, 2.45) is 11.8 Å². The standard InChI is InChI=1S/C27H31ClN2O6/c1-17-9-7-10-18(28)21(17)29-13-8-12-27-19(23(32)30(14-15-31)22(27)24(29)33)20-25(34)35-16-6-4-3-5-11-26(20,2)36-27/h5,7-12,19-20,22,31H,3-4,6,13-16H2,1-2H3/b11-5-/t19-,20+,22?,26-,27-/m0/s1. The fraction of sp³-hybridized carbons (Fsp3) is 0.519. The van der Waals surface area contributed by atoms with Crippen LogP contribution in [0.3, 0.4) is 0 Å². The molecule has 8 nitrogen and oxygen atoms in total. The number of cyclic esters (lactones) is 1. The average Bonchev–Trinajstić information content (AvgIpc) is 3.15. The Bertz CT molecular complexity index is 1130. The molecule has 4 aliphatic heterocycles. The van der Waals surface area contributed by atoms with Crippen molar-refractivity contribution in [3.8, 4) is 0 Å². The van der Waals surface area contributed by atoms with Crippen LogP contribution < -0.4 is 4.90 Å². The zero-order valence-electron chi connectivity index (χ0n) is 20.5. The van der Waals surface area contributed by atoms with Gasteiger partial charge >= 0.3 is 5.97 Å². The Morgan fingerprint density at radius 1 is 1.11 bits per heavy atom. The Morgan fingerprint density at radius 3 is 2.67 bits per heavy atom. The lowest BCUT2D eigenvalue weighted by Gasteiger charge is -2.37. The van der Waals surface area contributed by atoms with Gasteiger partial charge in [0, 0.05) is 13.1 Å². The molecule has 5 rings (SSSR count). The van der Waals surface area contributed by atoms with Gasteiger partial charge in [-0.05, 0) is 44.7 Å². The van der Waals surface area contributed by atoms with E-state index in [2.05, 4.69) is 0 Å². The Morgan fingerprint density at radius 2 is 1.92 bits per heavy atom. The highest BCUT2D eigenvalue weighted by atomic mass is 35.5. The van der Waals surface area contributed by atoms with Gasteiger partial charge in [0.2, 0.25) is 5.91 Å². The predicted molar refractivity (Wildman–Crippen MR) is 133 cm³/mol. The first-order valence-corrected chi connectivity index (χ1v) is 12.8. The molecule has 192 valence electrons. The molecule has 1 N–H and O–H groups in total. The van der Waals surface area contributed by atoms with Crippen LogP contribution in [0.2, 0.25) is 5.02 Å². The minimum Gasteiger partial charge on any atom is -0.465 e. The molecule has 1 spiro atoms. The third-order valence-corrected chi connectivity index (χ3v) is 8.10. The third kappa shape index (κ3) is 3.69. The number of aryl methyl sites for hydroxylation is 1. The van der Waals surface area contributed by atoms with Crippen LogP contribution in [-0.2, 0) is 23.9 Å². The summed E-state index contributed by atoms with van der Waals surface area (Å²) in [5.41, 5.74) is -1.16. The second-order valence-corrected chi connectivity index (χ2v) is 10.5. The number of amides is 2. The number of rotatable bonds is 3. The number of β-amino-alcohol motifs (C(OH)–C–C–N with tert-alkyl or cyclic N) is 1. The summed E-state index contributed by atoms with van der Waals surface area (Å²) in [5, 5.41) is 10.2. The molecule has 0 radical (unpaired) electrons. The van der Waals surface area contributed by atoms with Gasteiger partial charge in [-0.1, -0.05) is 48.0 Å². The second kappa shape index (κ2) is 9.32. The number of fused-ring (bicyclic) bond motifs is 2. The molecule has 0 saturated carbocycles. The Labute approximate surface area is 215 Å². The van der Waals surface area contributed by atoms with Gasteiger partial charge in [-0.25, -0.2) is 0 Å². The van der Waals surface area contributed by atoms with Gasteiger partial charge in [0.15, 0.2) is 0 Å². The molecule has 2 saturated heterocycles. The van der Waals surface area contributed by atoms with Crippen molar-refractivity contribution in [2.75, 3.05) is 31.2 Å². The van der Waals surface area contributed by atoms with Crippen LogP contribution in [0, 0.1) is 18.8 Å². The van der Waals surface area contributed by atoms with Crippen LogP contribution in [0.4, 0.5) is 5.69 Å². The summed E-state index contributed by atoms with van der Waals surface area (Å²) in [6, 6.07) is 4.33. The van der Waals surface area contributed by atoms with E-state index in [4.69, 9.17) is 21.1 Å². The number of carbonyl (C=O) groups excluding carboxylic acids is 3. The predicted octanol–water partition coefficient (Wildman–Crippen LogP) is 2.80. The van der Waals surface area contributed by atoms with E-state index in [9.17, 15) is 19.5 Å². The third-order valence-electron chi connectivity index (χ3n) is 7.80. The van der Waals surface area contributed by atoms with Gasteiger partial charge in [-0.3, -0.25) is 14.4 Å². The number of aliphatic hydroxyl groups is 1. The number of nitrogens with zero attached hydrogens (tertiary/aromatic N) is 2. The number of esters is 1. The van der Waals surface area contributed by atoms with Crippen molar-refractivity contribution in [1.29, 1.82) is 0 Å². The smallest absolute Gasteiger partial charge is 0.313 e. The summed E-state index contributed by atoms with van der Waals surface area (Å²) in [4.78, 5) is 44.5. The van der Waals surface area contributed by atoms with E-state index in [1.165, 1.54) is 4.90 Å². The number of likely N-dealkylation sites (tertiary alicyclic amines) is 1. The molecular formula is C27H31ClN2O6. The number of carbonyl (C=O) groups is 3. The number of halogens is 1. The first-order valence-electron chi connectivity index (χ1n) is 12.5. The fourth-order valence-corrected chi connectivity index (χ4v) is 6.63. The van der Waals surface area contributed by atoms with E-state index in [0.29, 0.717) is 10.7 Å². The van der Waals surface area contributed by atoms with Gasteiger partial charge in [0.25, 0.3) is 5.91 Å². The van der Waals surface area contributed by atoms with Crippen molar-refractivity contribution < 1.29 is 29.0 Å². The highest BCUT2D eigenvalue weighted by Crippen LogP contribution is 2.57. The summed E-state index contributed by atoms with van der Waals surface area (Å²) in [6.07, 6.45) is 9.79. The molecule has 5 atom stereocenters. The normalized spacial score (nSPS) is 35.1. The molecular weight excluding hydrogens is 484 g/mol. The van der Waals surface area contributed by atoms with Crippen LogP contribution in [0.15, 0.2) is 42.5 Å². The summed E-state index contributed by atoms with van der Waals surface area (Å²) in [5.74, 6) is -3.18. The van der Waals surface area contributed by atoms with Crippen LogP contribution >= 0.6 is 11.6 Å². The Hall–Kier alpha value is -2.68. The maximum absolute atomic E-state index is 14.3. The Balaban J connectivity index is 1.66. The molecule has 4 aliphatic rings. The van der Waals surface area contributed by atoms with Gasteiger partial charge in [-0.15, -0.1) is 0 Å². The van der Waals surface area contributed by atoms with Gasteiger partial charge in [0.1, 0.15) is 17.6 Å². The summed E-state index contributed by atoms with van der Waals surface area (Å²) < 4.78 is 12.3. The number of hydrogen-bond donors (Lipinski definition) is 1. The lowest BCUT2D eigenvalue weighted by Crippen LogP contribution is -2.56. The van der Waals surface area contributed by atoms with Gasteiger partial charge in [0.05, 0.1) is 35.4 Å². The van der Waals surface area contributed by atoms with Crippen molar-refractivity contribution in [3.05, 3.63) is 53.1 Å². The summed E-state index contributed by atoms with van der Waals surface area (Å²) in [6.45, 7) is 3.75. The summed E-state index contributed by atoms with van der Waals surface area (Å²) in [7, 11) is 0. The van der Waals surface area contributed by atoms with Crippen molar-refractivity contribution >= 4 is 35.1 Å². The Kier molecular flexibility index (Phi) is 6.47.